The molecule has 0 aliphatic rings. The van der Waals surface area contributed by atoms with Gasteiger partial charge in [-0.25, -0.2) is 0 Å². The molecule has 1 heterocycles. The average Bonchev–Trinajstić information content (AvgIpc) is 3.04. The minimum atomic E-state index is 0.00959. The van der Waals surface area contributed by atoms with Crippen molar-refractivity contribution in [2.45, 2.75) is 39.0 Å². The highest BCUT2D eigenvalue weighted by atomic mass is 16.3. The normalized spacial score (nSPS) is 11.8. The van der Waals surface area contributed by atoms with Gasteiger partial charge in [-0.15, -0.1) is 0 Å². The van der Waals surface area contributed by atoms with Crippen LogP contribution in [0.2, 0.25) is 0 Å². The van der Waals surface area contributed by atoms with Gasteiger partial charge in [0, 0.05) is 28.9 Å². The van der Waals surface area contributed by atoms with Gasteiger partial charge in [-0.1, -0.05) is 63.2 Å². The van der Waals surface area contributed by atoms with Crippen LogP contribution in [0.3, 0.4) is 0 Å². The molecule has 0 atom stereocenters. The van der Waals surface area contributed by atoms with E-state index in [1.807, 2.05) is 42.5 Å². The van der Waals surface area contributed by atoms with Gasteiger partial charge in [0.25, 0.3) is 0 Å². The Morgan fingerprint density at radius 2 is 1.61 bits per heavy atom. The fraction of sp³-hybridized carbons (Fsp3) is 0.240. The molecule has 3 heteroatoms. The first-order valence-corrected chi connectivity index (χ1v) is 9.71. The summed E-state index contributed by atoms with van der Waals surface area (Å²) < 4.78 is 5.89. The van der Waals surface area contributed by atoms with Gasteiger partial charge < -0.3 is 9.73 Å². The fourth-order valence-corrected chi connectivity index (χ4v) is 3.46. The number of hydrogen-bond donors (Lipinski definition) is 1. The number of carbonyl (C=O) groups excluding carboxylic acids is 1. The van der Waals surface area contributed by atoms with Gasteiger partial charge in [0.2, 0.25) is 5.91 Å². The van der Waals surface area contributed by atoms with E-state index in [0.717, 1.165) is 34.0 Å². The van der Waals surface area contributed by atoms with Crippen LogP contribution in [0.1, 0.15) is 38.3 Å². The highest BCUT2D eigenvalue weighted by Crippen LogP contribution is 2.30. The zero-order valence-corrected chi connectivity index (χ0v) is 16.6. The van der Waals surface area contributed by atoms with E-state index in [-0.39, 0.29) is 11.3 Å². The number of nitrogens with one attached hydrogen (secondary N) is 1. The number of hydrogen-bond acceptors (Lipinski definition) is 2. The van der Waals surface area contributed by atoms with E-state index in [1.165, 1.54) is 11.1 Å². The molecule has 0 radical (unpaired) electrons. The van der Waals surface area contributed by atoms with Crippen molar-refractivity contribution >= 4 is 33.5 Å². The maximum Gasteiger partial charge on any atom is 0.224 e. The number of benzene rings is 3. The molecule has 28 heavy (non-hydrogen) atoms. The Morgan fingerprint density at radius 1 is 0.893 bits per heavy atom. The third kappa shape index (κ3) is 3.79. The molecule has 0 saturated heterocycles. The lowest BCUT2D eigenvalue weighted by Crippen LogP contribution is -2.13. The highest BCUT2D eigenvalue weighted by Gasteiger charge is 2.13. The molecular formula is C25H25NO2. The number of rotatable bonds is 4. The lowest BCUT2D eigenvalue weighted by atomic mass is 9.86. The second-order valence-electron chi connectivity index (χ2n) is 8.30. The van der Waals surface area contributed by atoms with Crippen LogP contribution in [0, 0.1) is 0 Å². The summed E-state index contributed by atoms with van der Waals surface area (Å²) >= 11 is 0. The predicted molar refractivity (Wildman–Crippen MR) is 116 cm³/mol. The Kier molecular flexibility index (Phi) is 4.68. The molecule has 0 unspecified atom stereocenters. The molecule has 0 aliphatic heterocycles. The van der Waals surface area contributed by atoms with Crippen molar-refractivity contribution < 1.29 is 9.21 Å². The molecule has 3 nitrogen and oxygen atoms in total. The number of anilines is 1. The van der Waals surface area contributed by atoms with Crippen LogP contribution >= 0.6 is 0 Å². The van der Waals surface area contributed by atoms with Crippen molar-refractivity contribution in [3.8, 4) is 0 Å². The summed E-state index contributed by atoms with van der Waals surface area (Å²) in [6, 6.07) is 22.3. The van der Waals surface area contributed by atoms with Gasteiger partial charge in [0.1, 0.15) is 11.2 Å². The topological polar surface area (TPSA) is 42.2 Å². The number of carbonyl (C=O) groups is 1. The van der Waals surface area contributed by atoms with Gasteiger partial charge in [0.05, 0.1) is 0 Å². The molecular weight excluding hydrogens is 346 g/mol. The molecule has 0 aliphatic carbocycles. The Balaban J connectivity index is 1.41. The molecule has 0 fully saturated rings. The van der Waals surface area contributed by atoms with Gasteiger partial charge in [-0.3, -0.25) is 4.79 Å². The van der Waals surface area contributed by atoms with Crippen LogP contribution in [0.5, 0.6) is 0 Å². The largest absolute Gasteiger partial charge is 0.456 e. The van der Waals surface area contributed by atoms with Gasteiger partial charge >= 0.3 is 0 Å². The van der Waals surface area contributed by atoms with Crippen molar-refractivity contribution in [1.29, 1.82) is 0 Å². The molecule has 142 valence electrons. The second-order valence-corrected chi connectivity index (χ2v) is 8.30. The van der Waals surface area contributed by atoms with E-state index < -0.39 is 0 Å². The maximum absolute atomic E-state index is 12.4. The molecule has 0 saturated carbocycles. The van der Waals surface area contributed by atoms with Crippen molar-refractivity contribution in [1.82, 2.24) is 0 Å². The SMILES string of the molecule is CC(C)(C)c1ccc(CCC(=O)Nc2ccc3c(c2)oc2ccccc23)cc1. The number of furan rings is 1. The van der Waals surface area contributed by atoms with Crippen LogP contribution in [-0.2, 0) is 16.6 Å². The van der Waals surface area contributed by atoms with Crippen molar-refractivity contribution in [3.05, 3.63) is 77.9 Å². The molecule has 0 bridgehead atoms. The van der Waals surface area contributed by atoms with Gasteiger partial charge in [-0.05, 0) is 41.2 Å². The summed E-state index contributed by atoms with van der Waals surface area (Å²) in [5.74, 6) is 0.00959. The monoisotopic (exact) mass is 371 g/mol. The second kappa shape index (κ2) is 7.16. The third-order valence-electron chi connectivity index (χ3n) is 5.12. The first-order valence-electron chi connectivity index (χ1n) is 9.71. The van der Waals surface area contributed by atoms with Crippen molar-refractivity contribution in [3.63, 3.8) is 0 Å². The number of fused-ring (bicyclic) bond motifs is 3. The summed E-state index contributed by atoms with van der Waals surface area (Å²) in [5.41, 5.74) is 5.04. The van der Waals surface area contributed by atoms with Crippen LogP contribution in [-0.4, -0.2) is 5.91 Å². The molecule has 0 spiro atoms. The minimum Gasteiger partial charge on any atom is -0.456 e. The Hall–Kier alpha value is -3.07. The Morgan fingerprint density at radius 3 is 2.36 bits per heavy atom. The summed E-state index contributed by atoms with van der Waals surface area (Å²) in [7, 11) is 0. The quantitative estimate of drug-likeness (QED) is 0.447. The summed E-state index contributed by atoms with van der Waals surface area (Å²) in [6.45, 7) is 6.61. The lowest BCUT2D eigenvalue weighted by Gasteiger charge is -2.19. The fourth-order valence-electron chi connectivity index (χ4n) is 3.46. The van der Waals surface area contributed by atoms with E-state index in [0.29, 0.717) is 6.42 Å². The van der Waals surface area contributed by atoms with Crippen molar-refractivity contribution in [2.75, 3.05) is 5.32 Å². The predicted octanol–water partition coefficient (Wildman–Crippen LogP) is 6.45. The molecule has 4 aromatic rings. The smallest absolute Gasteiger partial charge is 0.224 e. The number of para-hydroxylation sites is 1. The van der Waals surface area contributed by atoms with E-state index in [2.05, 4.69) is 50.4 Å². The van der Waals surface area contributed by atoms with Gasteiger partial charge in [0.15, 0.2) is 0 Å². The van der Waals surface area contributed by atoms with E-state index in [9.17, 15) is 4.79 Å². The van der Waals surface area contributed by atoms with E-state index >= 15 is 0 Å². The zero-order chi connectivity index (χ0) is 19.7. The maximum atomic E-state index is 12.4. The first-order chi connectivity index (χ1) is 13.4. The minimum absolute atomic E-state index is 0.00959. The van der Waals surface area contributed by atoms with Gasteiger partial charge in [-0.2, -0.15) is 0 Å². The summed E-state index contributed by atoms with van der Waals surface area (Å²) in [5, 5.41) is 5.14. The molecule has 3 aromatic carbocycles. The van der Waals surface area contributed by atoms with Crippen molar-refractivity contribution in [2.24, 2.45) is 0 Å². The van der Waals surface area contributed by atoms with Crippen LogP contribution in [0.25, 0.3) is 21.9 Å². The first kappa shape index (κ1) is 18.3. The zero-order valence-electron chi connectivity index (χ0n) is 16.6. The van der Waals surface area contributed by atoms with E-state index in [1.54, 1.807) is 0 Å². The standard InChI is InChI=1S/C25H25NO2/c1-25(2,3)18-11-8-17(9-12-18)10-15-24(27)26-19-13-14-21-20-6-4-5-7-22(20)28-23(21)16-19/h4-9,11-14,16H,10,15H2,1-3H3,(H,26,27). The number of amides is 1. The molecule has 1 N–H and O–H groups in total. The lowest BCUT2D eigenvalue weighted by molar-refractivity contribution is -0.116. The summed E-state index contributed by atoms with van der Waals surface area (Å²) in [4.78, 5) is 12.4. The molecule has 1 amide bonds. The number of aryl methyl sites for hydroxylation is 1. The molecule has 1 aromatic heterocycles. The van der Waals surface area contributed by atoms with E-state index in [4.69, 9.17) is 4.42 Å². The van der Waals surface area contributed by atoms with Crippen LogP contribution < -0.4 is 5.32 Å². The Labute approximate surface area is 165 Å². The highest BCUT2D eigenvalue weighted by molar-refractivity contribution is 6.06. The van der Waals surface area contributed by atoms with Crippen LogP contribution in [0.4, 0.5) is 5.69 Å². The summed E-state index contributed by atoms with van der Waals surface area (Å²) in [6.07, 6.45) is 1.18. The Bertz CT molecular complexity index is 1130. The average molecular weight is 371 g/mol. The molecule has 4 rings (SSSR count). The third-order valence-corrected chi connectivity index (χ3v) is 5.12. The van der Waals surface area contributed by atoms with Crippen LogP contribution in [0.15, 0.2) is 71.1 Å².